The van der Waals surface area contributed by atoms with Crippen LogP contribution in [0.4, 0.5) is 0 Å². The minimum absolute atomic E-state index is 0.978. The Balaban J connectivity index is 1.31. The molecule has 106 valence electrons. The summed E-state index contributed by atoms with van der Waals surface area (Å²) in [5.74, 6) is 6.38. The Kier molecular flexibility index (Phi) is 3.46. The van der Waals surface area contributed by atoms with Crippen molar-refractivity contribution in [1.82, 2.24) is 0 Å². The Bertz CT molecular complexity index is 328. The van der Waals surface area contributed by atoms with E-state index in [1.54, 1.807) is 44.9 Å². The largest absolute Gasteiger partial charge is 0.0851 e. The molecular formula is C19H30. The second-order valence-corrected chi connectivity index (χ2v) is 8.02. The summed E-state index contributed by atoms with van der Waals surface area (Å²) < 4.78 is 0. The fourth-order valence-corrected chi connectivity index (χ4v) is 6.02. The van der Waals surface area contributed by atoms with Crippen LogP contribution in [0.2, 0.25) is 0 Å². The molecule has 0 N–H and O–H groups in total. The van der Waals surface area contributed by atoms with Gasteiger partial charge in [0.2, 0.25) is 0 Å². The fraction of sp³-hybridized carbons (Fsp3) is 0.895. The van der Waals surface area contributed by atoms with Gasteiger partial charge in [-0.3, -0.25) is 0 Å². The first-order valence-electron chi connectivity index (χ1n) is 9.08. The SMILES string of the molecule is C1=CC2CC1CC2C1CCC(C2CCCCC2)CC1. The van der Waals surface area contributed by atoms with Gasteiger partial charge in [0.1, 0.15) is 0 Å². The van der Waals surface area contributed by atoms with E-state index in [2.05, 4.69) is 12.2 Å². The topological polar surface area (TPSA) is 0 Å². The number of hydrogen-bond acceptors (Lipinski definition) is 0. The van der Waals surface area contributed by atoms with E-state index in [-0.39, 0.29) is 0 Å². The Labute approximate surface area is 119 Å². The Morgan fingerprint density at radius 2 is 1.26 bits per heavy atom. The number of hydrogen-bond donors (Lipinski definition) is 0. The highest BCUT2D eigenvalue weighted by Gasteiger charge is 2.41. The lowest BCUT2D eigenvalue weighted by molar-refractivity contribution is 0.130. The molecule has 19 heavy (non-hydrogen) atoms. The van der Waals surface area contributed by atoms with E-state index < -0.39 is 0 Å². The van der Waals surface area contributed by atoms with Crippen LogP contribution in [-0.4, -0.2) is 0 Å². The molecule has 0 radical (unpaired) electrons. The van der Waals surface area contributed by atoms with Crippen molar-refractivity contribution in [3.8, 4) is 0 Å². The Hall–Kier alpha value is -0.260. The summed E-state index contributed by atoms with van der Waals surface area (Å²) in [4.78, 5) is 0. The van der Waals surface area contributed by atoms with Crippen LogP contribution in [0.3, 0.4) is 0 Å². The van der Waals surface area contributed by atoms with Gasteiger partial charge in [-0.1, -0.05) is 44.3 Å². The molecule has 0 aromatic heterocycles. The predicted octanol–water partition coefficient (Wildman–Crippen LogP) is 5.59. The summed E-state index contributed by atoms with van der Waals surface area (Å²) in [5, 5.41) is 0. The fourth-order valence-electron chi connectivity index (χ4n) is 6.02. The Morgan fingerprint density at radius 1 is 0.579 bits per heavy atom. The van der Waals surface area contributed by atoms with Gasteiger partial charge in [-0.2, -0.15) is 0 Å². The highest BCUT2D eigenvalue weighted by molar-refractivity contribution is 5.11. The van der Waals surface area contributed by atoms with E-state index in [9.17, 15) is 0 Å². The monoisotopic (exact) mass is 258 g/mol. The van der Waals surface area contributed by atoms with E-state index in [1.807, 2.05) is 0 Å². The molecule has 3 saturated carbocycles. The highest BCUT2D eigenvalue weighted by Crippen LogP contribution is 2.51. The standard InChI is InChI=1S/C19H30/c1-2-4-15(5-3-1)16-8-10-17(11-9-16)19-13-14-6-7-18(19)12-14/h6-7,14-19H,1-5,8-13H2. The highest BCUT2D eigenvalue weighted by atomic mass is 14.5. The van der Waals surface area contributed by atoms with Crippen LogP contribution in [-0.2, 0) is 0 Å². The zero-order chi connectivity index (χ0) is 12.7. The van der Waals surface area contributed by atoms with Crippen molar-refractivity contribution in [1.29, 1.82) is 0 Å². The first-order valence-corrected chi connectivity index (χ1v) is 9.08. The average Bonchev–Trinajstić information content (AvgIpc) is 3.11. The summed E-state index contributed by atoms with van der Waals surface area (Å²) in [7, 11) is 0. The first-order chi connectivity index (χ1) is 9.40. The summed E-state index contributed by atoms with van der Waals surface area (Å²) in [6.07, 6.45) is 22.1. The van der Waals surface area contributed by atoms with E-state index in [4.69, 9.17) is 0 Å². The van der Waals surface area contributed by atoms with Crippen molar-refractivity contribution >= 4 is 0 Å². The maximum Gasteiger partial charge on any atom is -0.0197 e. The van der Waals surface area contributed by atoms with E-state index in [1.165, 1.54) is 25.7 Å². The van der Waals surface area contributed by atoms with Crippen molar-refractivity contribution in [2.24, 2.45) is 35.5 Å². The summed E-state index contributed by atoms with van der Waals surface area (Å²) >= 11 is 0. The lowest BCUT2D eigenvalue weighted by Crippen LogP contribution is -2.28. The molecule has 0 heteroatoms. The van der Waals surface area contributed by atoms with Crippen LogP contribution in [0, 0.1) is 35.5 Å². The first kappa shape index (κ1) is 12.5. The lowest BCUT2D eigenvalue weighted by Gasteiger charge is -2.39. The third kappa shape index (κ3) is 2.41. The molecule has 2 bridgehead atoms. The summed E-state index contributed by atoms with van der Waals surface area (Å²) in [5.41, 5.74) is 0. The molecule has 0 amide bonds. The molecule has 3 atom stereocenters. The van der Waals surface area contributed by atoms with Crippen LogP contribution in [0.25, 0.3) is 0 Å². The molecular weight excluding hydrogens is 228 g/mol. The second-order valence-electron chi connectivity index (χ2n) is 8.02. The molecule has 0 saturated heterocycles. The van der Waals surface area contributed by atoms with Gasteiger partial charge in [0.25, 0.3) is 0 Å². The number of allylic oxidation sites excluding steroid dienone is 2. The van der Waals surface area contributed by atoms with Crippen LogP contribution >= 0.6 is 0 Å². The van der Waals surface area contributed by atoms with Gasteiger partial charge in [-0.05, 0) is 74.0 Å². The molecule has 0 nitrogen and oxygen atoms in total. The van der Waals surface area contributed by atoms with Gasteiger partial charge in [0, 0.05) is 0 Å². The van der Waals surface area contributed by atoms with Crippen molar-refractivity contribution < 1.29 is 0 Å². The average molecular weight is 258 g/mol. The minimum atomic E-state index is 0.978. The molecule has 4 aliphatic rings. The molecule has 0 heterocycles. The van der Waals surface area contributed by atoms with Crippen molar-refractivity contribution in [2.75, 3.05) is 0 Å². The quantitative estimate of drug-likeness (QED) is 0.567. The maximum atomic E-state index is 2.56. The van der Waals surface area contributed by atoms with Gasteiger partial charge in [-0.15, -0.1) is 0 Å². The van der Waals surface area contributed by atoms with Crippen molar-refractivity contribution in [3.63, 3.8) is 0 Å². The number of fused-ring (bicyclic) bond motifs is 2. The third-order valence-electron chi connectivity index (χ3n) is 7.07. The molecule has 0 aliphatic heterocycles. The molecule has 0 aromatic rings. The van der Waals surface area contributed by atoms with Crippen LogP contribution < -0.4 is 0 Å². The normalized spacial score (nSPS) is 46.8. The third-order valence-corrected chi connectivity index (χ3v) is 7.07. The lowest BCUT2D eigenvalue weighted by atomic mass is 9.67. The van der Waals surface area contributed by atoms with Gasteiger partial charge < -0.3 is 0 Å². The zero-order valence-corrected chi connectivity index (χ0v) is 12.4. The van der Waals surface area contributed by atoms with Gasteiger partial charge in [-0.25, -0.2) is 0 Å². The van der Waals surface area contributed by atoms with Crippen molar-refractivity contribution in [3.05, 3.63) is 12.2 Å². The van der Waals surface area contributed by atoms with Crippen LogP contribution in [0.5, 0.6) is 0 Å². The molecule has 4 aliphatic carbocycles. The van der Waals surface area contributed by atoms with Crippen LogP contribution in [0.15, 0.2) is 12.2 Å². The van der Waals surface area contributed by atoms with Crippen molar-refractivity contribution in [2.45, 2.75) is 70.6 Å². The molecule has 4 rings (SSSR count). The molecule has 3 unspecified atom stereocenters. The zero-order valence-electron chi connectivity index (χ0n) is 12.4. The molecule has 0 spiro atoms. The number of rotatable bonds is 2. The van der Waals surface area contributed by atoms with E-state index >= 15 is 0 Å². The molecule has 3 fully saturated rings. The smallest absolute Gasteiger partial charge is 0.0197 e. The van der Waals surface area contributed by atoms with E-state index in [0.29, 0.717) is 0 Å². The predicted molar refractivity (Wildman–Crippen MR) is 80.9 cm³/mol. The maximum absolute atomic E-state index is 2.56. The van der Waals surface area contributed by atoms with Crippen LogP contribution in [0.1, 0.15) is 70.6 Å². The summed E-state index contributed by atoms with van der Waals surface area (Å²) in [6.45, 7) is 0. The minimum Gasteiger partial charge on any atom is -0.0851 e. The van der Waals surface area contributed by atoms with Gasteiger partial charge in [0.15, 0.2) is 0 Å². The van der Waals surface area contributed by atoms with E-state index in [0.717, 1.165) is 35.5 Å². The Morgan fingerprint density at radius 3 is 1.89 bits per heavy atom. The molecule has 0 aromatic carbocycles. The summed E-state index contributed by atoms with van der Waals surface area (Å²) in [6, 6.07) is 0. The van der Waals surface area contributed by atoms with Gasteiger partial charge in [0.05, 0.1) is 0 Å². The van der Waals surface area contributed by atoms with Gasteiger partial charge >= 0.3 is 0 Å². The second kappa shape index (κ2) is 5.26.